The second kappa shape index (κ2) is 5.09. The second-order valence-corrected chi connectivity index (χ2v) is 4.44. The molecule has 18 heavy (non-hydrogen) atoms. The molecule has 0 unspecified atom stereocenters. The van der Waals surface area contributed by atoms with E-state index in [-0.39, 0.29) is 10.1 Å². The van der Waals surface area contributed by atoms with Crippen molar-refractivity contribution in [2.24, 2.45) is 0 Å². The van der Waals surface area contributed by atoms with Crippen LogP contribution in [0.4, 0.5) is 0 Å². The van der Waals surface area contributed by atoms with E-state index in [1.54, 1.807) is 26.0 Å². The quantitative estimate of drug-likeness (QED) is 0.671. The van der Waals surface area contributed by atoms with Crippen molar-refractivity contribution in [1.29, 1.82) is 0 Å². The van der Waals surface area contributed by atoms with Crippen LogP contribution in [-0.2, 0) is 4.79 Å². The lowest BCUT2D eigenvalue weighted by atomic mass is 10.4. The highest BCUT2D eigenvalue weighted by molar-refractivity contribution is 8.03. The van der Waals surface area contributed by atoms with Gasteiger partial charge in [0.1, 0.15) is 16.4 Å². The van der Waals surface area contributed by atoms with Gasteiger partial charge in [0.15, 0.2) is 0 Å². The van der Waals surface area contributed by atoms with Gasteiger partial charge in [-0.3, -0.25) is 0 Å². The molecule has 0 aliphatic rings. The van der Waals surface area contributed by atoms with E-state index in [9.17, 15) is 4.79 Å². The third-order valence-corrected chi connectivity index (χ3v) is 2.80. The molecule has 6 nitrogen and oxygen atoms in total. The fourth-order valence-electron chi connectivity index (χ4n) is 1.21. The van der Waals surface area contributed by atoms with Crippen LogP contribution in [0.3, 0.4) is 0 Å². The predicted molar refractivity (Wildman–Crippen MR) is 63.9 cm³/mol. The molecule has 2 aromatic rings. The number of carboxylic acid groups (broad SMARTS) is 1. The van der Waals surface area contributed by atoms with Crippen molar-refractivity contribution in [1.82, 2.24) is 10.2 Å². The number of nitrogens with zero attached hydrogens (tertiary/aromatic N) is 2. The minimum Gasteiger partial charge on any atom is -0.477 e. The molecule has 7 heteroatoms. The monoisotopic (exact) mass is 266 g/mol. The maximum Gasteiger partial charge on any atom is 0.342 e. The lowest BCUT2D eigenvalue weighted by Gasteiger charge is -1.96. The highest BCUT2D eigenvalue weighted by atomic mass is 32.2. The molecule has 0 saturated carbocycles. The molecule has 0 atom stereocenters. The molecule has 94 valence electrons. The highest BCUT2D eigenvalue weighted by Gasteiger charge is 2.14. The normalized spacial score (nSPS) is 11.8. The van der Waals surface area contributed by atoms with Gasteiger partial charge in [0.05, 0.1) is 0 Å². The van der Waals surface area contributed by atoms with Gasteiger partial charge < -0.3 is 13.9 Å². The maximum atomic E-state index is 11.1. The van der Waals surface area contributed by atoms with Crippen LogP contribution in [0.2, 0.25) is 0 Å². The summed E-state index contributed by atoms with van der Waals surface area (Å²) in [5, 5.41) is 16.6. The molecule has 1 N–H and O–H groups in total. The van der Waals surface area contributed by atoms with Crippen LogP contribution < -0.4 is 0 Å². The van der Waals surface area contributed by atoms with E-state index in [2.05, 4.69) is 10.2 Å². The van der Waals surface area contributed by atoms with Crippen LogP contribution in [-0.4, -0.2) is 21.3 Å². The van der Waals surface area contributed by atoms with Crippen LogP contribution in [0, 0.1) is 13.8 Å². The number of aromatic nitrogens is 2. The highest BCUT2D eigenvalue weighted by Crippen LogP contribution is 2.27. The molecular formula is C11H10N2O4S. The lowest BCUT2D eigenvalue weighted by molar-refractivity contribution is -0.131. The zero-order valence-corrected chi connectivity index (χ0v) is 10.5. The fraction of sp³-hybridized carbons (Fsp3) is 0.182. The van der Waals surface area contributed by atoms with Gasteiger partial charge in [0, 0.05) is 13.0 Å². The van der Waals surface area contributed by atoms with Gasteiger partial charge in [-0.25, -0.2) is 4.79 Å². The maximum absolute atomic E-state index is 11.1. The minimum atomic E-state index is -1.08. The molecule has 0 aliphatic heterocycles. The van der Waals surface area contributed by atoms with Crippen molar-refractivity contribution in [3.8, 4) is 0 Å². The summed E-state index contributed by atoms with van der Waals surface area (Å²) in [7, 11) is 0. The van der Waals surface area contributed by atoms with Crippen molar-refractivity contribution in [2.75, 3.05) is 0 Å². The van der Waals surface area contributed by atoms with Gasteiger partial charge in [-0.05, 0) is 30.8 Å². The van der Waals surface area contributed by atoms with E-state index in [0.717, 1.165) is 11.8 Å². The Morgan fingerprint density at radius 2 is 2.11 bits per heavy atom. The number of carbonyl (C=O) groups is 1. The summed E-state index contributed by atoms with van der Waals surface area (Å²) in [6.07, 6.45) is 1.42. The molecule has 0 fully saturated rings. The number of aliphatic carboxylic acids is 1. The standard InChI is InChI=1S/C11H10N2O4S/c1-6-3-4-8(16-6)5-9(10(14)15)18-11-13-12-7(2)17-11/h3-5H,1-2H3,(H,14,15)/b9-5+. The van der Waals surface area contributed by atoms with Crippen LogP contribution >= 0.6 is 11.8 Å². The van der Waals surface area contributed by atoms with Crippen LogP contribution in [0.25, 0.3) is 6.08 Å². The summed E-state index contributed by atoms with van der Waals surface area (Å²) in [5.74, 6) is 0.485. The van der Waals surface area contributed by atoms with E-state index in [4.69, 9.17) is 13.9 Å². The van der Waals surface area contributed by atoms with Crippen molar-refractivity contribution in [3.05, 3.63) is 34.4 Å². The van der Waals surface area contributed by atoms with Crippen molar-refractivity contribution < 1.29 is 18.7 Å². The van der Waals surface area contributed by atoms with Gasteiger partial charge in [0.25, 0.3) is 5.22 Å². The largest absolute Gasteiger partial charge is 0.477 e. The first-order valence-corrected chi connectivity index (χ1v) is 5.85. The Balaban J connectivity index is 2.23. The zero-order chi connectivity index (χ0) is 13.1. The molecule has 0 bridgehead atoms. The van der Waals surface area contributed by atoms with Gasteiger partial charge >= 0.3 is 5.97 Å². The van der Waals surface area contributed by atoms with Gasteiger partial charge in [-0.2, -0.15) is 0 Å². The van der Waals surface area contributed by atoms with Crippen molar-refractivity contribution in [3.63, 3.8) is 0 Å². The van der Waals surface area contributed by atoms with Gasteiger partial charge in [-0.15, -0.1) is 10.2 Å². The number of thioether (sulfide) groups is 1. The predicted octanol–water partition coefficient (Wildman–Crippen LogP) is 2.50. The summed E-state index contributed by atoms with van der Waals surface area (Å²) >= 11 is 0.883. The van der Waals surface area contributed by atoms with E-state index in [1.165, 1.54) is 6.08 Å². The topological polar surface area (TPSA) is 89.4 Å². The Bertz CT molecular complexity index is 600. The smallest absolute Gasteiger partial charge is 0.342 e. The third-order valence-electron chi connectivity index (χ3n) is 1.95. The third kappa shape index (κ3) is 3.01. The molecule has 2 heterocycles. The lowest BCUT2D eigenvalue weighted by Crippen LogP contribution is -1.96. The molecule has 0 aromatic carbocycles. The number of hydrogen-bond donors (Lipinski definition) is 1. The SMILES string of the molecule is Cc1ccc(/C=C(/Sc2nnc(C)o2)C(=O)O)o1. The number of aryl methyl sites for hydroxylation is 2. The van der Waals surface area contributed by atoms with E-state index in [0.29, 0.717) is 17.4 Å². The average Bonchev–Trinajstić information content (AvgIpc) is 2.87. The number of hydrogen-bond acceptors (Lipinski definition) is 6. The minimum absolute atomic E-state index is 0.0491. The molecule has 0 spiro atoms. The van der Waals surface area contributed by atoms with Crippen LogP contribution in [0.5, 0.6) is 0 Å². The summed E-state index contributed by atoms with van der Waals surface area (Å²) in [6.45, 7) is 3.42. The van der Waals surface area contributed by atoms with E-state index < -0.39 is 5.97 Å². The average molecular weight is 266 g/mol. The van der Waals surface area contributed by atoms with Crippen molar-refractivity contribution in [2.45, 2.75) is 19.1 Å². The first-order chi connectivity index (χ1) is 8.54. The summed E-state index contributed by atoms with van der Waals surface area (Å²) < 4.78 is 10.4. The molecule has 0 saturated heterocycles. The summed E-state index contributed by atoms with van der Waals surface area (Å²) in [6, 6.07) is 3.45. The first kappa shape index (κ1) is 12.4. The second-order valence-electron chi connectivity index (χ2n) is 3.45. The first-order valence-electron chi connectivity index (χ1n) is 5.04. The number of rotatable bonds is 4. The van der Waals surface area contributed by atoms with Crippen molar-refractivity contribution >= 4 is 23.8 Å². The number of furan rings is 1. The fourth-order valence-corrected chi connectivity index (χ4v) is 1.90. The van der Waals surface area contributed by atoms with Gasteiger partial charge in [-0.1, -0.05) is 0 Å². The molecule has 0 radical (unpaired) electrons. The Labute approximate surface area is 107 Å². The Morgan fingerprint density at radius 1 is 1.33 bits per heavy atom. The molecule has 2 rings (SSSR count). The summed E-state index contributed by atoms with van der Waals surface area (Å²) in [5.41, 5.74) is 0. The van der Waals surface area contributed by atoms with E-state index >= 15 is 0 Å². The molecule has 0 aliphatic carbocycles. The molecule has 2 aromatic heterocycles. The molecule has 0 amide bonds. The van der Waals surface area contributed by atoms with Crippen LogP contribution in [0.15, 0.2) is 31.1 Å². The zero-order valence-electron chi connectivity index (χ0n) is 9.71. The van der Waals surface area contributed by atoms with E-state index in [1.807, 2.05) is 0 Å². The van der Waals surface area contributed by atoms with Gasteiger partial charge in [0.2, 0.25) is 5.89 Å². The molecular weight excluding hydrogens is 256 g/mol. The Hall–Kier alpha value is -2.02. The number of carboxylic acids is 1. The summed E-state index contributed by atoms with van der Waals surface area (Å²) in [4.78, 5) is 11.2. The Kier molecular flexibility index (Phi) is 3.52. The Morgan fingerprint density at radius 3 is 2.61 bits per heavy atom. The van der Waals surface area contributed by atoms with Crippen LogP contribution in [0.1, 0.15) is 17.4 Å².